The number of carbonyl (C=O) groups is 5. The predicted molar refractivity (Wildman–Crippen MR) is 80.9 cm³/mol. The van der Waals surface area contributed by atoms with Crippen LogP contribution >= 0.6 is 11.6 Å². The van der Waals surface area contributed by atoms with Crippen molar-refractivity contribution in [2.45, 2.75) is 24.3 Å². The van der Waals surface area contributed by atoms with Crippen LogP contribution in [-0.4, -0.2) is 40.5 Å². The largest absolute Gasteiger partial charge is 0.368 e. The molecule has 2 aliphatic rings. The maximum Gasteiger partial charge on any atom is 0.262 e. The Bertz CT molecular complexity index is 806. The second-order valence-electron chi connectivity index (χ2n) is 5.48. The van der Waals surface area contributed by atoms with Crippen molar-refractivity contribution in [3.05, 3.63) is 34.9 Å². The Morgan fingerprint density at radius 2 is 1.96 bits per heavy atom. The molecule has 5 amide bonds. The first-order valence-corrected chi connectivity index (χ1v) is 7.54. The Morgan fingerprint density at radius 1 is 1.25 bits per heavy atom. The number of piperidine rings is 1. The maximum absolute atomic E-state index is 12.7. The van der Waals surface area contributed by atoms with E-state index in [-0.39, 0.29) is 29.5 Å². The normalized spacial score (nSPS) is 21.5. The van der Waals surface area contributed by atoms with Gasteiger partial charge in [0, 0.05) is 6.42 Å². The fourth-order valence-corrected chi connectivity index (χ4v) is 3.09. The summed E-state index contributed by atoms with van der Waals surface area (Å²) in [6, 6.07) is 3.24. The molecule has 2 unspecified atom stereocenters. The highest BCUT2D eigenvalue weighted by Crippen LogP contribution is 2.34. The highest BCUT2D eigenvalue weighted by atomic mass is 35.5. The van der Waals surface area contributed by atoms with Crippen molar-refractivity contribution in [3.63, 3.8) is 0 Å². The van der Waals surface area contributed by atoms with Gasteiger partial charge in [0.15, 0.2) is 0 Å². The number of nitrogens with two attached hydrogens (primary N) is 1. The summed E-state index contributed by atoms with van der Waals surface area (Å²) >= 11 is 5.94. The number of alkyl halides is 1. The minimum absolute atomic E-state index is 0.0239. The Balaban J connectivity index is 2.03. The van der Waals surface area contributed by atoms with Crippen molar-refractivity contribution in [1.82, 2.24) is 10.2 Å². The number of nitrogens with zero attached hydrogens (tertiary/aromatic N) is 1. The van der Waals surface area contributed by atoms with Crippen LogP contribution < -0.4 is 11.1 Å². The Labute approximate surface area is 140 Å². The third-order valence-corrected chi connectivity index (χ3v) is 4.47. The lowest BCUT2D eigenvalue weighted by molar-refractivity contribution is -0.136. The van der Waals surface area contributed by atoms with Crippen molar-refractivity contribution in [2.24, 2.45) is 5.73 Å². The van der Waals surface area contributed by atoms with E-state index in [0.717, 1.165) is 4.90 Å². The molecule has 9 heteroatoms. The van der Waals surface area contributed by atoms with Gasteiger partial charge in [-0.2, -0.15) is 0 Å². The van der Waals surface area contributed by atoms with Gasteiger partial charge in [-0.3, -0.25) is 34.2 Å². The standard InChI is InChI=1S/C15H12ClN3O5/c16-11(12(17)21)6-2-1-3-7-10(6)15(24)19(14(7)23)8-4-5-9(20)18-13(8)22/h1-3,8,11H,4-5H2,(H2,17,21)(H,18,20,22). The lowest BCUT2D eigenvalue weighted by atomic mass is 10.00. The van der Waals surface area contributed by atoms with E-state index >= 15 is 0 Å². The molecule has 0 spiro atoms. The molecule has 0 radical (unpaired) electrons. The summed E-state index contributed by atoms with van der Waals surface area (Å²) in [6.07, 6.45) is 0.0711. The third kappa shape index (κ3) is 2.35. The van der Waals surface area contributed by atoms with Gasteiger partial charge in [-0.1, -0.05) is 12.1 Å². The molecule has 0 saturated carbocycles. The molecule has 1 aromatic carbocycles. The van der Waals surface area contributed by atoms with Gasteiger partial charge in [-0.25, -0.2) is 0 Å². The van der Waals surface area contributed by atoms with Crippen molar-refractivity contribution >= 4 is 41.1 Å². The first kappa shape index (κ1) is 16.1. The molecule has 1 saturated heterocycles. The number of amides is 5. The molecule has 124 valence electrons. The van der Waals surface area contributed by atoms with Crippen molar-refractivity contribution in [2.75, 3.05) is 0 Å². The molecule has 24 heavy (non-hydrogen) atoms. The molecular formula is C15H12ClN3O5. The number of nitrogens with one attached hydrogen (secondary N) is 1. The minimum atomic E-state index is -1.28. The first-order valence-electron chi connectivity index (χ1n) is 7.10. The molecule has 1 aromatic rings. The van der Waals surface area contributed by atoms with Gasteiger partial charge >= 0.3 is 0 Å². The van der Waals surface area contributed by atoms with Crippen molar-refractivity contribution < 1.29 is 24.0 Å². The number of imide groups is 2. The Morgan fingerprint density at radius 3 is 2.58 bits per heavy atom. The molecule has 0 aromatic heterocycles. The van der Waals surface area contributed by atoms with E-state index in [1.54, 1.807) is 0 Å². The average molecular weight is 350 g/mol. The zero-order valence-electron chi connectivity index (χ0n) is 12.2. The fraction of sp³-hybridized carbons (Fsp3) is 0.267. The van der Waals surface area contributed by atoms with Crippen LogP contribution in [0.25, 0.3) is 0 Å². The number of fused-ring (bicyclic) bond motifs is 1. The lowest BCUT2D eigenvalue weighted by Gasteiger charge is -2.27. The molecule has 3 rings (SSSR count). The van der Waals surface area contributed by atoms with Crippen LogP contribution in [-0.2, 0) is 14.4 Å². The summed E-state index contributed by atoms with van der Waals surface area (Å²) in [4.78, 5) is 60.6. The van der Waals surface area contributed by atoms with Gasteiger partial charge < -0.3 is 5.73 Å². The van der Waals surface area contributed by atoms with Crippen molar-refractivity contribution in [1.29, 1.82) is 0 Å². The predicted octanol–water partition coefficient (Wildman–Crippen LogP) is -0.147. The molecule has 1 fully saturated rings. The van der Waals surface area contributed by atoms with E-state index in [0.29, 0.717) is 0 Å². The molecule has 3 N–H and O–H groups in total. The number of rotatable bonds is 3. The highest BCUT2D eigenvalue weighted by Gasteiger charge is 2.46. The molecule has 2 heterocycles. The van der Waals surface area contributed by atoms with Gasteiger partial charge in [0.25, 0.3) is 11.8 Å². The summed E-state index contributed by atoms with van der Waals surface area (Å²) in [6.45, 7) is 0. The summed E-state index contributed by atoms with van der Waals surface area (Å²) < 4.78 is 0. The smallest absolute Gasteiger partial charge is 0.262 e. The van der Waals surface area contributed by atoms with Crippen LogP contribution in [0.15, 0.2) is 18.2 Å². The zero-order chi connectivity index (χ0) is 17.6. The van der Waals surface area contributed by atoms with Crippen LogP contribution in [0.5, 0.6) is 0 Å². The number of carbonyl (C=O) groups excluding carboxylic acids is 5. The van der Waals surface area contributed by atoms with Gasteiger partial charge in [0.05, 0.1) is 11.1 Å². The van der Waals surface area contributed by atoms with Crippen LogP contribution in [0, 0.1) is 0 Å². The van der Waals surface area contributed by atoms with Crippen LogP contribution in [0.1, 0.15) is 44.5 Å². The minimum Gasteiger partial charge on any atom is -0.368 e. The number of primary amides is 1. The molecule has 8 nitrogen and oxygen atoms in total. The van der Waals surface area contributed by atoms with Crippen molar-refractivity contribution in [3.8, 4) is 0 Å². The Kier molecular flexibility index (Phi) is 3.84. The second-order valence-corrected chi connectivity index (χ2v) is 5.92. The highest BCUT2D eigenvalue weighted by molar-refractivity contribution is 6.32. The SMILES string of the molecule is NC(=O)C(Cl)c1cccc2c1C(=O)N(C1CCC(=O)NC1=O)C2=O. The average Bonchev–Trinajstić information content (AvgIpc) is 2.79. The number of hydrogen-bond acceptors (Lipinski definition) is 5. The Hall–Kier alpha value is -2.74. The van der Waals surface area contributed by atoms with Crippen LogP contribution in [0.2, 0.25) is 0 Å². The first-order chi connectivity index (χ1) is 11.3. The van der Waals surface area contributed by atoms with E-state index in [1.165, 1.54) is 18.2 Å². The quantitative estimate of drug-likeness (QED) is 0.579. The van der Waals surface area contributed by atoms with E-state index < -0.39 is 41.0 Å². The van der Waals surface area contributed by atoms with Crippen LogP contribution in [0.3, 0.4) is 0 Å². The van der Waals surface area contributed by atoms with Gasteiger partial charge in [-0.05, 0) is 18.1 Å². The summed E-state index contributed by atoms with van der Waals surface area (Å²) in [5, 5.41) is 0.826. The molecular weight excluding hydrogens is 338 g/mol. The van der Waals surface area contributed by atoms with E-state index in [9.17, 15) is 24.0 Å². The summed E-state index contributed by atoms with van der Waals surface area (Å²) in [5.41, 5.74) is 5.31. The van der Waals surface area contributed by atoms with Gasteiger partial charge in [-0.15, -0.1) is 11.6 Å². The second kappa shape index (κ2) is 5.72. The van der Waals surface area contributed by atoms with E-state index in [2.05, 4.69) is 5.32 Å². The molecule has 2 atom stereocenters. The number of hydrogen-bond donors (Lipinski definition) is 2. The molecule has 2 aliphatic heterocycles. The zero-order valence-corrected chi connectivity index (χ0v) is 13.0. The monoisotopic (exact) mass is 349 g/mol. The van der Waals surface area contributed by atoms with E-state index in [1.807, 2.05) is 0 Å². The van der Waals surface area contributed by atoms with Gasteiger partial charge in [0.1, 0.15) is 11.4 Å². The lowest BCUT2D eigenvalue weighted by Crippen LogP contribution is -2.54. The topological polar surface area (TPSA) is 127 Å². The molecule has 0 aliphatic carbocycles. The maximum atomic E-state index is 12.7. The van der Waals surface area contributed by atoms with E-state index in [4.69, 9.17) is 17.3 Å². The summed E-state index contributed by atoms with van der Waals surface area (Å²) in [7, 11) is 0. The molecule has 0 bridgehead atoms. The third-order valence-electron chi connectivity index (χ3n) is 4.02. The van der Waals surface area contributed by atoms with Gasteiger partial charge in [0.2, 0.25) is 17.7 Å². The number of benzene rings is 1. The summed E-state index contributed by atoms with van der Waals surface area (Å²) in [5.74, 6) is -3.42. The number of halogens is 1. The van der Waals surface area contributed by atoms with Crippen LogP contribution in [0.4, 0.5) is 0 Å². The fourth-order valence-electron chi connectivity index (χ4n) is 2.91.